The zero-order chi connectivity index (χ0) is 27.7. The average molecular weight is 528 g/mol. The van der Waals surface area contributed by atoms with Crippen LogP contribution in [0.15, 0.2) is 48.0 Å². The van der Waals surface area contributed by atoms with Gasteiger partial charge in [0.05, 0.1) is 17.8 Å². The molecule has 5 rings (SSSR count). The minimum absolute atomic E-state index is 0.0333. The number of aromatic nitrogens is 1. The smallest absolute Gasteiger partial charge is 0.335 e. The fourth-order valence-electron chi connectivity index (χ4n) is 6.17. The van der Waals surface area contributed by atoms with Gasteiger partial charge in [0.15, 0.2) is 0 Å². The van der Waals surface area contributed by atoms with Gasteiger partial charge in [-0.25, -0.2) is 4.79 Å². The highest BCUT2D eigenvalue weighted by Crippen LogP contribution is 2.46. The molecule has 1 aliphatic carbocycles. The van der Waals surface area contributed by atoms with Crippen molar-refractivity contribution in [2.75, 3.05) is 26.7 Å². The molecule has 204 valence electrons. The number of carbonyl (C=O) groups is 3. The van der Waals surface area contributed by atoms with Crippen LogP contribution >= 0.6 is 0 Å². The van der Waals surface area contributed by atoms with Crippen molar-refractivity contribution in [2.24, 2.45) is 0 Å². The van der Waals surface area contributed by atoms with Gasteiger partial charge >= 0.3 is 5.97 Å². The molecule has 2 heterocycles. The van der Waals surface area contributed by atoms with E-state index in [0.29, 0.717) is 37.7 Å². The molecule has 7 nitrogen and oxygen atoms in total. The molecule has 1 aliphatic heterocycles. The number of benzene rings is 2. The lowest BCUT2D eigenvalue weighted by Gasteiger charge is -2.25. The molecule has 2 aliphatic rings. The number of carbonyl (C=O) groups excluding carboxylic acids is 2. The molecule has 3 aromatic rings. The Kier molecular flexibility index (Phi) is 7.60. The normalized spacial score (nSPS) is 15.2. The molecule has 0 spiro atoms. The third-order valence-electron chi connectivity index (χ3n) is 8.42. The first-order valence-electron chi connectivity index (χ1n) is 14.0. The van der Waals surface area contributed by atoms with Crippen LogP contribution in [0.2, 0.25) is 0 Å². The van der Waals surface area contributed by atoms with Crippen LogP contribution in [0, 0.1) is 0 Å². The van der Waals surface area contributed by atoms with Crippen molar-refractivity contribution in [2.45, 2.75) is 58.4 Å². The number of hydrogen-bond acceptors (Lipinski definition) is 3. The summed E-state index contributed by atoms with van der Waals surface area (Å²) in [4.78, 5) is 41.0. The minimum Gasteiger partial charge on any atom is -0.478 e. The molecule has 2 amide bonds. The number of hydrogen-bond donors (Lipinski definition) is 1. The summed E-state index contributed by atoms with van der Waals surface area (Å²) < 4.78 is 2.18. The van der Waals surface area contributed by atoms with Gasteiger partial charge in [-0.1, -0.05) is 49.6 Å². The molecule has 39 heavy (non-hydrogen) atoms. The monoisotopic (exact) mass is 527 g/mol. The summed E-state index contributed by atoms with van der Waals surface area (Å²) in [5, 5.41) is 10.9. The molecule has 1 N–H and O–H groups in total. The molecule has 1 aromatic heterocycles. The second-order valence-electron chi connectivity index (χ2n) is 10.8. The van der Waals surface area contributed by atoms with E-state index >= 15 is 0 Å². The summed E-state index contributed by atoms with van der Waals surface area (Å²) in [5.41, 5.74) is 6.22. The highest BCUT2D eigenvalue weighted by Gasteiger charge is 2.31. The second kappa shape index (κ2) is 11.1. The minimum atomic E-state index is -0.959. The molecule has 0 unspecified atom stereocenters. The molecule has 0 atom stereocenters. The van der Waals surface area contributed by atoms with E-state index < -0.39 is 5.97 Å². The SMILES string of the molecule is CCN(CCN(C)C(C)=O)C(=O)C1=Cc2ccccc2-c2c(C3CCCCC3)c3ccc(C(=O)O)cc3n2C1. The zero-order valence-corrected chi connectivity index (χ0v) is 23.1. The van der Waals surface area contributed by atoms with Crippen molar-refractivity contribution in [3.63, 3.8) is 0 Å². The fraction of sp³-hybridized carbons (Fsp3) is 0.406. The maximum absolute atomic E-state index is 14.0. The number of carboxylic acid groups (broad SMARTS) is 1. The summed E-state index contributed by atoms with van der Waals surface area (Å²) in [6.07, 6.45) is 7.85. The van der Waals surface area contributed by atoms with Crippen LogP contribution in [-0.4, -0.2) is 63.9 Å². The molecule has 2 aromatic carbocycles. The largest absolute Gasteiger partial charge is 0.478 e. The van der Waals surface area contributed by atoms with Crippen molar-refractivity contribution < 1.29 is 19.5 Å². The molecule has 1 fully saturated rings. The summed E-state index contributed by atoms with van der Waals surface area (Å²) in [7, 11) is 1.74. The van der Waals surface area contributed by atoms with Crippen LogP contribution in [0.1, 0.15) is 73.4 Å². The lowest BCUT2D eigenvalue weighted by molar-refractivity contribution is -0.131. The van der Waals surface area contributed by atoms with E-state index in [2.05, 4.69) is 16.7 Å². The number of amides is 2. The van der Waals surface area contributed by atoms with Crippen molar-refractivity contribution in [1.29, 1.82) is 0 Å². The predicted octanol–water partition coefficient (Wildman–Crippen LogP) is 5.78. The van der Waals surface area contributed by atoms with Gasteiger partial charge in [0.25, 0.3) is 5.91 Å². The topological polar surface area (TPSA) is 82.8 Å². The van der Waals surface area contributed by atoms with E-state index in [4.69, 9.17) is 0 Å². The Labute approximate surface area is 229 Å². The molecular formula is C32H37N3O4. The lowest BCUT2D eigenvalue weighted by Crippen LogP contribution is -2.39. The Bertz CT molecular complexity index is 1460. The van der Waals surface area contributed by atoms with Gasteiger partial charge in [0, 0.05) is 55.6 Å². The van der Waals surface area contributed by atoms with Gasteiger partial charge in [-0.15, -0.1) is 0 Å². The second-order valence-corrected chi connectivity index (χ2v) is 10.8. The first-order valence-corrected chi connectivity index (χ1v) is 14.0. The Morgan fingerprint density at radius 2 is 1.77 bits per heavy atom. The number of aromatic carboxylic acids is 1. The Morgan fingerprint density at radius 1 is 1.03 bits per heavy atom. The van der Waals surface area contributed by atoms with Gasteiger partial charge in [-0.3, -0.25) is 9.59 Å². The van der Waals surface area contributed by atoms with Gasteiger partial charge in [0.1, 0.15) is 0 Å². The highest BCUT2D eigenvalue weighted by atomic mass is 16.4. The van der Waals surface area contributed by atoms with Crippen LogP contribution in [0.3, 0.4) is 0 Å². The van der Waals surface area contributed by atoms with Crippen molar-refractivity contribution in [3.05, 3.63) is 64.7 Å². The van der Waals surface area contributed by atoms with Crippen LogP contribution in [-0.2, 0) is 16.1 Å². The zero-order valence-electron chi connectivity index (χ0n) is 23.1. The first-order chi connectivity index (χ1) is 18.8. The van der Waals surface area contributed by atoms with Crippen molar-refractivity contribution >= 4 is 34.8 Å². The quantitative estimate of drug-likeness (QED) is 0.422. The third-order valence-corrected chi connectivity index (χ3v) is 8.42. The van der Waals surface area contributed by atoms with Crippen LogP contribution in [0.25, 0.3) is 28.2 Å². The van der Waals surface area contributed by atoms with E-state index in [1.807, 2.05) is 31.2 Å². The summed E-state index contributed by atoms with van der Waals surface area (Å²) >= 11 is 0. The molecule has 0 bridgehead atoms. The Hall–Kier alpha value is -3.87. The van der Waals surface area contributed by atoms with Crippen LogP contribution in [0.5, 0.6) is 0 Å². The van der Waals surface area contributed by atoms with E-state index in [0.717, 1.165) is 40.6 Å². The standard InChI is InChI=1S/C32H37N3O4/c1-4-34(17-16-33(3)21(2)36)31(37)25-18-23-12-8-9-13-26(23)30-29(22-10-6-5-7-11-22)27-15-14-24(32(38)39)19-28(27)35(30)20-25/h8-9,12-15,18-19,22H,4-7,10-11,16-17,20H2,1-3H3,(H,38,39). The maximum atomic E-state index is 14.0. The number of carboxylic acids is 1. The molecule has 0 saturated heterocycles. The van der Waals surface area contributed by atoms with Crippen molar-refractivity contribution in [3.8, 4) is 11.3 Å². The Morgan fingerprint density at radius 3 is 2.46 bits per heavy atom. The average Bonchev–Trinajstić information content (AvgIpc) is 3.15. The van der Waals surface area contributed by atoms with Gasteiger partial charge in [-0.05, 0) is 55.0 Å². The summed E-state index contributed by atoms with van der Waals surface area (Å²) in [6, 6.07) is 13.6. The first kappa shape index (κ1) is 26.7. The molecular weight excluding hydrogens is 490 g/mol. The number of fused-ring (bicyclic) bond motifs is 5. The highest BCUT2D eigenvalue weighted by molar-refractivity contribution is 6.03. The summed E-state index contributed by atoms with van der Waals surface area (Å²) in [6.45, 7) is 5.27. The fourth-order valence-corrected chi connectivity index (χ4v) is 6.17. The number of likely N-dealkylation sites (N-methyl/N-ethyl adjacent to an activating group) is 2. The lowest BCUT2D eigenvalue weighted by atomic mass is 9.81. The predicted molar refractivity (Wildman–Crippen MR) is 154 cm³/mol. The molecule has 0 radical (unpaired) electrons. The van der Waals surface area contributed by atoms with Crippen LogP contribution in [0.4, 0.5) is 0 Å². The third kappa shape index (κ3) is 5.10. The van der Waals surface area contributed by atoms with Gasteiger partial charge in [0.2, 0.25) is 5.91 Å². The van der Waals surface area contributed by atoms with E-state index in [9.17, 15) is 19.5 Å². The van der Waals surface area contributed by atoms with E-state index in [-0.39, 0.29) is 17.4 Å². The van der Waals surface area contributed by atoms with E-state index in [1.54, 1.807) is 29.0 Å². The maximum Gasteiger partial charge on any atom is 0.335 e. The molecule has 7 heteroatoms. The Balaban J connectivity index is 1.66. The molecule has 1 saturated carbocycles. The number of nitrogens with zero attached hydrogens (tertiary/aromatic N) is 3. The van der Waals surface area contributed by atoms with Crippen molar-refractivity contribution in [1.82, 2.24) is 14.4 Å². The van der Waals surface area contributed by atoms with Crippen LogP contribution < -0.4 is 0 Å². The van der Waals surface area contributed by atoms with Gasteiger partial charge in [-0.2, -0.15) is 0 Å². The van der Waals surface area contributed by atoms with E-state index in [1.165, 1.54) is 31.7 Å². The van der Waals surface area contributed by atoms with Gasteiger partial charge < -0.3 is 19.5 Å². The summed E-state index contributed by atoms with van der Waals surface area (Å²) in [5.74, 6) is -0.659. The number of rotatable bonds is 7.